The summed E-state index contributed by atoms with van der Waals surface area (Å²) in [5.41, 5.74) is 3.78. The van der Waals surface area contributed by atoms with Crippen molar-refractivity contribution < 1.29 is 4.39 Å². The van der Waals surface area contributed by atoms with Gasteiger partial charge in [-0.25, -0.2) is 4.39 Å². The third-order valence-electron chi connectivity index (χ3n) is 2.79. The Morgan fingerprint density at radius 1 is 1.06 bits per heavy atom. The van der Waals surface area contributed by atoms with Gasteiger partial charge in [0.15, 0.2) is 0 Å². The molecule has 94 valence electrons. The summed E-state index contributed by atoms with van der Waals surface area (Å²) in [4.78, 5) is 8.24. The first-order valence-electron chi connectivity index (χ1n) is 5.83. The number of hydrogen-bond acceptors (Lipinski definition) is 3. The maximum absolute atomic E-state index is 13.2. The highest BCUT2D eigenvalue weighted by Gasteiger charge is 2.14. The minimum Gasteiger partial charge on any atom is -0.309 e. The number of pyridine rings is 2. The van der Waals surface area contributed by atoms with E-state index >= 15 is 0 Å². The normalized spacial score (nSPS) is 12.4. The van der Waals surface area contributed by atoms with Crippen LogP contribution >= 0.6 is 0 Å². The Morgan fingerprint density at radius 3 is 2.28 bits per heavy atom. The standard InChI is InChI=1S/C14H16FN3/c1-9-4-11(5-10(2)18-9)14(16-3)12-6-13(15)8-17-7-12/h4-8,14,16H,1-3H3. The highest BCUT2D eigenvalue weighted by molar-refractivity contribution is 5.32. The zero-order valence-corrected chi connectivity index (χ0v) is 10.7. The van der Waals surface area contributed by atoms with Crippen LogP contribution in [0.1, 0.15) is 28.6 Å². The molecule has 0 spiro atoms. The van der Waals surface area contributed by atoms with Gasteiger partial charge in [-0.2, -0.15) is 0 Å². The van der Waals surface area contributed by atoms with Crippen LogP contribution in [0.2, 0.25) is 0 Å². The van der Waals surface area contributed by atoms with Gasteiger partial charge in [0, 0.05) is 17.6 Å². The summed E-state index contributed by atoms with van der Waals surface area (Å²) >= 11 is 0. The van der Waals surface area contributed by atoms with Crippen molar-refractivity contribution in [2.24, 2.45) is 0 Å². The summed E-state index contributed by atoms with van der Waals surface area (Å²) in [6.45, 7) is 3.90. The molecule has 2 aromatic heterocycles. The van der Waals surface area contributed by atoms with Gasteiger partial charge in [-0.05, 0) is 50.2 Å². The van der Waals surface area contributed by atoms with Crippen molar-refractivity contribution in [2.45, 2.75) is 19.9 Å². The van der Waals surface area contributed by atoms with Crippen molar-refractivity contribution in [2.75, 3.05) is 7.05 Å². The Hall–Kier alpha value is -1.81. The number of hydrogen-bond donors (Lipinski definition) is 1. The second-order valence-electron chi connectivity index (χ2n) is 4.34. The lowest BCUT2D eigenvalue weighted by Crippen LogP contribution is -2.18. The smallest absolute Gasteiger partial charge is 0.141 e. The Balaban J connectivity index is 2.45. The summed E-state index contributed by atoms with van der Waals surface area (Å²) in [6.07, 6.45) is 2.88. The fourth-order valence-electron chi connectivity index (χ4n) is 2.15. The second-order valence-corrected chi connectivity index (χ2v) is 4.34. The van der Waals surface area contributed by atoms with Gasteiger partial charge in [0.05, 0.1) is 12.2 Å². The molecule has 2 heterocycles. The molecule has 2 rings (SSSR count). The monoisotopic (exact) mass is 245 g/mol. The van der Waals surface area contributed by atoms with E-state index in [1.165, 1.54) is 12.3 Å². The van der Waals surface area contributed by atoms with Crippen LogP contribution in [0.4, 0.5) is 4.39 Å². The topological polar surface area (TPSA) is 37.8 Å². The molecule has 1 unspecified atom stereocenters. The molecule has 0 fully saturated rings. The molecule has 0 saturated carbocycles. The van der Waals surface area contributed by atoms with E-state index in [0.717, 1.165) is 22.5 Å². The summed E-state index contributed by atoms with van der Waals surface area (Å²) in [5, 5.41) is 3.18. The first kappa shape index (κ1) is 12.6. The molecule has 0 bridgehead atoms. The number of aryl methyl sites for hydroxylation is 2. The SMILES string of the molecule is CNC(c1cncc(F)c1)c1cc(C)nc(C)c1. The number of rotatable bonds is 3. The molecule has 4 heteroatoms. The predicted octanol–water partition coefficient (Wildman–Crippen LogP) is 2.54. The van der Waals surface area contributed by atoms with E-state index in [1.54, 1.807) is 6.20 Å². The quantitative estimate of drug-likeness (QED) is 0.903. The molecular weight excluding hydrogens is 229 g/mol. The average Bonchev–Trinajstić information content (AvgIpc) is 2.28. The molecule has 0 aliphatic rings. The molecule has 1 atom stereocenters. The summed E-state index contributed by atoms with van der Waals surface area (Å²) in [7, 11) is 1.85. The first-order valence-corrected chi connectivity index (χ1v) is 5.83. The molecule has 1 N–H and O–H groups in total. The van der Waals surface area contributed by atoms with Crippen LogP contribution in [0.25, 0.3) is 0 Å². The van der Waals surface area contributed by atoms with Crippen LogP contribution in [0.3, 0.4) is 0 Å². The largest absolute Gasteiger partial charge is 0.309 e. The van der Waals surface area contributed by atoms with Gasteiger partial charge in [-0.3, -0.25) is 9.97 Å². The third-order valence-corrected chi connectivity index (χ3v) is 2.79. The van der Waals surface area contributed by atoms with Crippen LogP contribution < -0.4 is 5.32 Å². The van der Waals surface area contributed by atoms with Crippen molar-refractivity contribution in [3.8, 4) is 0 Å². The highest BCUT2D eigenvalue weighted by atomic mass is 19.1. The van der Waals surface area contributed by atoms with E-state index in [4.69, 9.17) is 0 Å². The van der Waals surface area contributed by atoms with Crippen molar-refractivity contribution in [3.63, 3.8) is 0 Å². The lowest BCUT2D eigenvalue weighted by Gasteiger charge is -2.17. The van der Waals surface area contributed by atoms with Gasteiger partial charge < -0.3 is 5.32 Å². The third kappa shape index (κ3) is 2.71. The van der Waals surface area contributed by atoms with Gasteiger partial charge in [0.25, 0.3) is 0 Å². The Labute approximate surface area is 106 Å². The Morgan fingerprint density at radius 2 is 1.72 bits per heavy atom. The molecule has 2 aromatic rings. The van der Waals surface area contributed by atoms with Crippen molar-refractivity contribution in [1.82, 2.24) is 15.3 Å². The Kier molecular flexibility index (Phi) is 3.67. The maximum atomic E-state index is 13.2. The van der Waals surface area contributed by atoms with Crippen molar-refractivity contribution in [1.29, 1.82) is 0 Å². The van der Waals surface area contributed by atoms with E-state index in [1.807, 2.05) is 33.0 Å². The Bertz CT molecular complexity index is 534. The summed E-state index contributed by atoms with van der Waals surface area (Å²) < 4.78 is 13.2. The zero-order valence-electron chi connectivity index (χ0n) is 10.7. The van der Waals surface area contributed by atoms with Crippen LogP contribution in [0.15, 0.2) is 30.6 Å². The van der Waals surface area contributed by atoms with Gasteiger partial charge in [0.1, 0.15) is 5.82 Å². The fourth-order valence-corrected chi connectivity index (χ4v) is 2.15. The summed E-state index contributed by atoms with van der Waals surface area (Å²) in [6, 6.07) is 5.42. The zero-order chi connectivity index (χ0) is 13.1. The average molecular weight is 245 g/mol. The molecule has 0 aliphatic carbocycles. The van der Waals surface area contributed by atoms with Crippen LogP contribution in [0, 0.1) is 19.7 Å². The van der Waals surface area contributed by atoms with Crippen molar-refractivity contribution >= 4 is 0 Å². The second kappa shape index (κ2) is 5.23. The first-order chi connectivity index (χ1) is 8.60. The molecule has 0 radical (unpaired) electrons. The molecule has 0 aliphatic heterocycles. The van der Waals surface area contributed by atoms with Crippen LogP contribution in [0.5, 0.6) is 0 Å². The van der Waals surface area contributed by atoms with Gasteiger partial charge in [0.2, 0.25) is 0 Å². The van der Waals surface area contributed by atoms with E-state index < -0.39 is 0 Å². The van der Waals surface area contributed by atoms with Crippen LogP contribution in [-0.2, 0) is 0 Å². The molecular formula is C14H16FN3. The lowest BCUT2D eigenvalue weighted by molar-refractivity contribution is 0.608. The minimum atomic E-state index is -0.324. The van der Waals surface area contributed by atoms with E-state index in [-0.39, 0.29) is 11.9 Å². The van der Waals surface area contributed by atoms with Crippen LogP contribution in [-0.4, -0.2) is 17.0 Å². The van der Waals surface area contributed by atoms with E-state index in [0.29, 0.717) is 0 Å². The number of halogens is 1. The van der Waals surface area contributed by atoms with E-state index in [9.17, 15) is 4.39 Å². The number of nitrogens with zero attached hydrogens (tertiary/aromatic N) is 2. The molecule has 18 heavy (non-hydrogen) atoms. The van der Waals surface area contributed by atoms with Crippen molar-refractivity contribution in [3.05, 3.63) is 58.9 Å². The summed E-state index contributed by atoms with van der Waals surface area (Å²) in [5.74, 6) is -0.324. The number of nitrogens with one attached hydrogen (secondary N) is 1. The van der Waals surface area contributed by atoms with Gasteiger partial charge in [-0.1, -0.05) is 0 Å². The lowest BCUT2D eigenvalue weighted by atomic mass is 10.00. The molecule has 3 nitrogen and oxygen atoms in total. The molecule has 0 aromatic carbocycles. The fraction of sp³-hybridized carbons (Fsp3) is 0.286. The van der Waals surface area contributed by atoms with Gasteiger partial charge in [-0.15, -0.1) is 0 Å². The van der Waals surface area contributed by atoms with E-state index in [2.05, 4.69) is 15.3 Å². The highest BCUT2D eigenvalue weighted by Crippen LogP contribution is 2.22. The van der Waals surface area contributed by atoms with Gasteiger partial charge >= 0.3 is 0 Å². The molecule has 0 amide bonds. The number of aromatic nitrogens is 2. The predicted molar refractivity (Wildman–Crippen MR) is 68.8 cm³/mol. The molecule has 0 saturated heterocycles. The maximum Gasteiger partial charge on any atom is 0.141 e. The minimum absolute atomic E-state index is 0.0754.